The summed E-state index contributed by atoms with van der Waals surface area (Å²) >= 11 is 5.80. The van der Waals surface area contributed by atoms with Gasteiger partial charge in [0.15, 0.2) is 0 Å². The Morgan fingerprint density at radius 3 is 2.67 bits per heavy atom. The number of piperazine rings is 1. The molecule has 18 heavy (non-hydrogen) atoms. The first-order chi connectivity index (χ1) is 8.58. The minimum absolute atomic E-state index is 0.0594. The highest BCUT2D eigenvalue weighted by Gasteiger charge is 2.34. The molecule has 1 unspecified atom stereocenters. The second-order valence-electron chi connectivity index (χ2n) is 4.55. The molecule has 2 rings (SSSR count). The largest absolute Gasteiger partial charge is 0.314 e. The third kappa shape index (κ3) is 2.35. The van der Waals surface area contributed by atoms with Gasteiger partial charge in [0.05, 0.1) is 11.1 Å². The number of hydrogen-bond acceptors (Lipinski definition) is 3. The summed E-state index contributed by atoms with van der Waals surface area (Å²) < 4.78 is 13.2. The molecule has 3 nitrogen and oxygen atoms in total. The Morgan fingerprint density at radius 1 is 1.44 bits per heavy atom. The summed E-state index contributed by atoms with van der Waals surface area (Å²) in [4.78, 5) is 2.09. The van der Waals surface area contributed by atoms with Crippen LogP contribution in [0.4, 0.5) is 4.39 Å². The molecule has 0 spiro atoms. The second kappa shape index (κ2) is 5.23. The van der Waals surface area contributed by atoms with E-state index in [1.807, 2.05) is 6.92 Å². The van der Waals surface area contributed by atoms with E-state index in [0.29, 0.717) is 0 Å². The van der Waals surface area contributed by atoms with Crippen LogP contribution in [0.3, 0.4) is 0 Å². The number of nitriles is 1. The van der Waals surface area contributed by atoms with E-state index in [2.05, 4.69) is 16.3 Å². The molecule has 0 bridgehead atoms. The van der Waals surface area contributed by atoms with Crippen molar-refractivity contribution < 1.29 is 4.39 Å². The minimum Gasteiger partial charge on any atom is -0.314 e. The second-order valence-corrected chi connectivity index (χ2v) is 4.96. The fraction of sp³-hybridized carbons (Fsp3) is 0.462. The number of hydrogen-bond donors (Lipinski definition) is 1. The third-order valence-electron chi connectivity index (χ3n) is 3.45. The van der Waals surface area contributed by atoms with Gasteiger partial charge in [-0.05, 0) is 24.6 Å². The SMILES string of the molecule is CC(C#N)(c1ccc(F)c(Cl)c1)N1CCNCC1. The van der Waals surface area contributed by atoms with Crippen molar-refractivity contribution in [3.8, 4) is 6.07 Å². The van der Waals surface area contributed by atoms with Gasteiger partial charge in [-0.25, -0.2) is 4.39 Å². The van der Waals surface area contributed by atoms with Crippen LogP contribution in [0.2, 0.25) is 5.02 Å². The lowest BCUT2D eigenvalue weighted by atomic mass is 9.91. The quantitative estimate of drug-likeness (QED) is 0.892. The Hall–Kier alpha value is -1.15. The van der Waals surface area contributed by atoms with Crippen molar-refractivity contribution >= 4 is 11.6 Å². The zero-order valence-corrected chi connectivity index (χ0v) is 11.0. The van der Waals surface area contributed by atoms with Crippen molar-refractivity contribution in [3.05, 3.63) is 34.6 Å². The van der Waals surface area contributed by atoms with Gasteiger partial charge < -0.3 is 5.32 Å². The molecular weight excluding hydrogens is 253 g/mol. The first kappa shape index (κ1) is 13.3. The van der Waals surface area contributed by atoms with Crippen molar-refractivity contribution in [2.24, 2.45) is 0 Å². The maximum Gasteiger partial charge on any atom is 0.141 e. The zero-order chi connectivity index (χ0) is 13.2. The molecule has 1 aliphatic rings. The number of halogens is 2. The van der Waals surface area contributed by atoms with Crippen LogP contribution in [0.5, 0.6) is 0 Å². The lowest BCUT2D eigenvalue weighted by Crippen LogP contribution is -2.52. The molecule has 1 atom stereocenters. The summed E-state index contributed by atoms with van der Waals surface area (Å²) in [5.74, 6) is -0.457. The molecule has 1 fully saturated rings. The maximum absolute atomic E-state index is 13.2. The number of benzene rings is 1. The number of nitrogens with zero attached hydrogens (tertiary/aromatic N) is 2. The average molecular weight is 268 g/mol. The molecular formula is C13H15ClFN3. The number of rotatable bonds is 2. The molecule has 1 N–H and O–H groups in total. The van der Waals surface area contributed by atoms with Gasteiger partial charge >= 0.3 is 0 Å². The molecule has 1 saturated heterocycles. The standard InChI is InChI=1S/C13H15ClFN3/c1-13(9-16,18-6-4-17-5-7-18)10-2-3-12(15)11(14)8-10/h2-3,8,17H,4-7H2,1H3. The molecule has 1 aromatic carbocycles. The monoisotopic (exact) mass is 267 g/mol. The Morgan fingerprint density at radius 2 is 2.11 bits per heavy atom. The molecule has 0 aromatic heterocycles. The van der Waals surface area contributed by atoms with Crippen molar-refractivity contribution in [3.63, 3.8) is 0 Å². The first-order valence-corrected chi connectivity index (χ1v) is 6.28. The van der Waals surface area contributed by atoms with Gasteiger partial charge in [-0.3, -0.25) is 4.90 Å². The Kier molecular flexibility index (Phi) is 3.86. The molecule has 1 aliphatic heterocycles. The summed E-state index contributed by atoms with van der Waals surface area (Å²) in [7, 11) is 0. The highest BCUT2D eigenvalue weighted by atomic mass is 35.5. The van der Waals surface area contributed by atoms with Gasteiger partial charge in [-0.15, -0.1) is 0 Å². The van der Waals surface area contributed by atoms with Crippen molar-refractivity contribution in [2.75, 3.05) is 26.2 Å². The number of nitrogens with one attached hydrogen (secondary N) is 1. The van der Waals surface area contributed by atoms with E-state index in [9.17, 15) is 9.65 Å². The van der Waals surface area contributed by atoms with E-state index in [-0.39, 0.29) is 5.02 Å². The van der Waals surface area contributed by atoms with Crippen molar-refractivity contribution in [1.82, 2.24) is 10.2 Å². The summed E-state index contributed by atoms with van der Waals surface area (Å²) in [5, 5.41) is 12.8. The normalized spacial score (nSPS) is 20.1. The predicted molar refractivity (Wildman–Crippen MR) is 68.8 cm³/mol. The lowest BCUT2D eigenvalue weighted by molar-refractivity contribution is 0.132. The third-order valence-corrected chi connectivity index (χ3v) is 3.74. The fourth-order valence-corrected chi connectivity index (χ4v) is 2.41. The van der Waals surface area contributed by atoms with Crippen LogP contribution in [0, 0.1) is 17.1 Å². The summed E-state index contributed by atoms with van der Waals surface area (Å²) in [6, 6.07) is 6.82. The molecule has 1 heterocycles. The maximum atomic E-state index is 13.2. The molecule has 0 amide bonds. The Labute approximate surface area is 111 Å². The van der Waals surface area contributed by atoms with E-state index in [0.717, 1.165) is 31.7 Å². The van der Waals surface area contributed by atoms with Crippen LogP contribution in [0.15, 0.2) is 18.2 Å². The van der Waals surface area contributed by atoms with Gasteiger partial charge in [-0.1, -0.05) is 17.7 Å². The van der Waals surface area contributed by atoms with Crippen LogP contribution in [-0.2, 0) is 5.54 Å². The Balaban J connectivity index is 2.36. The van der Waals surface area contributed by atoms with Crippen molar-refractivity contribution in [2.45, 2.75) is 12.5 Å². The molecule has 96 valence electrons. The van der Waals surface area contributed by atoms with Gasteiger partial charge in [-0.2, -0.15) is 5.26 Å². The van der Waals surface area contributed by atoms with Crippen LogP contribution in [0.1, 0.15) is 12.5 Å². The van der Waals surface area contributed by atoms with Gasteiger partial charge in [0.2, 0.25) is 0 Å². The molecule has 0 aliphatic carbocycles. The zero-order valence-electron chi connectivity index (χ0n) is 10.2. The van der Waals surface area contributed by atoms with E-state index < -0.39 is 11.4 Å². The van der Waals surface area contributed by atoms with E-state index in [4.69, 9.17) is 11.6 Å². The molecule has 1 aromatic rings. The summed E-state index contributed by atoms with van der Waals surface area (Å²) in [5.41, 5.74) is -0.0299. The van der Waals surface area contributed by atoms with E-state index >= 15 is 0 Å². The van der Waals surface area contributed by atoms with Gasteiger partial charge in [0.1, 0.15) is 11.4 Å². The highest BCUT2D eigenvalue weighted by molar-refractivity contribution is 6.30. The average Bonchev–Trinajstić information content (AvgIpc) is 2.42. The van der Waals surface area contributed by atoms with Gasteiger partial charge in [0.25, 0.3) is 0 Å². The topological polar surface area (TPSA) is 39.1 Å². The molecule has 0 radical (unpaired) electrons. The van der Waals surface area contributed by atoms with Crippen LogP contribution >= 0.6 is 11.6 Å². The highest BCUT2D eigenvalue weighted by Crippen LogP contribution is 2.30. The van der Waals surface area contributed by atoms with E-state index in [1.165, 1.54) is 6.07 Å². The summed E-state index contributed by atoms with van der Waals surface area (Å²) in [6.07, 6.45) is 0. The smallest absolute Gasteiger partial charge is 0.141 e. The van der Waals surface area contributed by atoms with Gasteiger partial charge in [0, 0.05) is 26.2 Å². The predicted octanol–water partition coefficient (Wildman–Crippen LogP) is 2.12. The van der Waals surface area contributed by atoms with E-state index in [1.54, 1.807) is 12.1 Å². The van der Waals surface area contributed by atoms with Crippen LogP contribution in [0.25, 0.3) is 0 Å². The fourth-order valence-electron chi connectivity index (χ4n) is 2.23. The van der Waals surface area contributed by atoms with Crippen LogP contribution in [-0.4, -0.2) is 31.1 Å². The summed E-state index contributed by atoms with van der Waals surface area (Å²) in [6.45, 7) is 5.14. The molecule has 0 saturated carbocycles. The van der Waals surface area contributed by atoms with Crippen LogP contribution < -0.4 is 5.32 Å². The lowest BCUT2D eigenvalue weighted by Gasteiger charge is -2.39. The minimum atomic E-state index is -0.764. The Bertz CT molecular complexity index is 480. The first-order valence-electron chi connectivity index (χ1n) is 5.90. The molecule has 5 heteroatoms. The van der Waals surface area contributed by atoms with Crippen molar-refractivity contribution in [1.29, 1.82) is 5.26 Å².